The van der Waals surface area contributed by atoms with Crippen molar-refractivity contribution in [2.75, 3.05) is 0 Å². The molecule has 1 atom stereocenters. The number of carbonyl (C=O) groups excluding carboxylic acids is 1. The van der Waals surface area contributed by atoms with Crippen molar-refractivity contribution in [3.05, 3.63) is 29.6 Å². The fraction of sp³-hybridized carbons (Fsp3) is 0.200. The number of nitrogens with one attached hydrogen (secondary N) is 1. The van der Waals surface area contributed by atoms with E-state index >= 15 is 0 Å². The van der Waals surface area contributed by atoms with Crippen LogP contribution in [0, 0.1) is 11.8 Å². The molecule has 0 saturated heterocycles. The Morgan fingerprint density at radius 3 is 2.47 bits per heavy atom. The largest absolute Gasteiger partial charge is 0.481 e. The molecule has 0 aliphatic carbocycles. The average Bonchev–Trinajstić information content (AvgIpc) is 2.31. The molecule has 0 aromatic carbocycles. The molecule has 0 radical (unpaired) electrons. The Morgan fingerprint density at radius 2 is 1.95 bits per heavy atom. The van der Waals surface area contributed by atoms with Crippen molar-refractivity contribution in [3.63, 3.8) is 0 Å². The number of aliphatic carboxylic acids is 2. The van der Waals surface area contributed by atoms with E-state index in [1.54, 1.807) is 5.32 Å². The predicted molar refractivity (Wildman–Crippen MR) is 55.3 cm³/mol. The number of aromatic nitrogens is 1. The van der Waals surface area contributed by atoms with Crippen LogP contribution in [0.1, 0.15) is 16.8 Å². The van der Waals surface area contributed by atoms with E-state index in [0.717, 1.165) is 12.3 Å². The van der Waals surface area contributed by atoms with Gasteiger partial charge in [0.1, 0.15) is 6.04 Å². The van der Waals surface area contributed by atoms with Crippen molar-refractivity contribution in [1.82, 2.24) is 10.3 Å². The van der Waals surface area contributed by atoms with Gasteiger partial charge in [-0.2, -0.15) is 4.39 Å². The number of halogens is 2. The number of carboxylic acid groups (broad SMARTS) is 2. The van der Waals surface area contributed by atoms with Gasteiger partial charge in [0.05, 0.1) is 12.0 Å². The van der Waals surface area contributed by atoms with Crippen LogP contribution in [0.5, 0.6) is 0 Å². The first-order valence-electron chi connectivity index (χ1n) is 4.88. The topological polar surface area (TPSA) is 117 Å². The van der Waals surface area contributed by atoms with Gasteiger partial charge in [0.25, 0.3) is 5.91 Å². The van der Waals surface area contributed by atoms with E-state index < -0.39 is 47.6 Å². The molecule has 0 aliphatic heterocycles. The average molecular weight is 274 g/mol. The molecular formula is C10H8F2N2O5. The second kappa shape index (κ2) is 5.85. The maximum Gasteiger partial charge on any atom is 0.326 e. The molecule has 0 saturated carbocycles. The van der Waals surface area contributed by atoms with E-state index in [1.165, 1.54) is 0 Å². The lowest BCUT2D eigenvalue weighted by molar-refractivity contribution is -0.145. The summed E-state index contributed by atoms with van der Waals surface area (Å²) in [5.74, 6) is -7.37. The molecule has 1 heterocycles. The number of hydrogen-bond acceptors (Lipinski definition) is 4. The zero-order valence-corrected chi connectivity index (χ0v) is 9.26. The number of rotatable bonds is 5. The summed E-state index contributed by atoms with van der Waals surface area (Å²) in [6, 6.07) is -0.909. The van der Waals surface area contributed by atoms with Gasteiger partial charge < -0.3 is 15.5 Å². The van der Waals surface area contributed by atoms with Crippen LogP contribution in [0.25, 0.3) is 0 Å². The summed E-state index contributed by atoms with van der Waals surface area (Å²) in [5, 5.41) is 18.9. The number of nitrogens with zero attached hydrogens (tertiary/aromatic N) is 1. The van der Waals surface area contributed by atoms with Crippen molar-refractivity contribution in [2.45, 2.75) is 12.5 Å². The van der Waals surface area contributed by atoms with Gasteiger partial charge >= 0.3 is 11.9 Å². The van der Waals surface area contributed by atoms with Gasteiger partial charge in [-0.15, -0.1) is 0 Å². The summed E-state index contributed by atoms with van der Waals surface area (Å²) in [6.07, 6.45) is -0.0729. The van der Waals surface area contributed by atoms with Gasteiger partial charge in [0.2, 0.25) is 5.95 Å². The Kier molecular flexibility index (Phi) is 4.46. The molecule has 19 heavy (non-hydrogen) atoms. The molecule has 0 bridgehead atoms. The van der Waals surface area contributed by atoms with Crippen molar-refractivity contribution in [3.8, 4) is 0 Å². The van der Waals surface area contributed by atoms with E-state index in [4.69, 9.17) is 10.2 Å². The van der Waals surface area contributed by atoms with E-state index in [2.05, 4.69) is 4.98 Å². The molecule has 1 aromatic rings. The monoisotopic (exact) mass is 274 g/mol. The Hall–Kier alpha value is -2.58. The first-order valence-corrected chi connectivity index (χ1v) is 4.88. The SMILES string of the molecule is O=C(O)CC(NC(=O)c1ccnc(F)c1F)C(=O)O. The lowest BCUT2D eigenvalue weighted by atomic mass is 10.1. The second-order valence-electron chi connectivity index (χ2n) is 3.43. The Bertz CT molecular complexity index is 535. The van der Waals surface area contributed by atoms with Gasteiger partial charge in [0, 0.05) is 6.20 Å². The molecule has 0 spiro atoms. The molecule has 9 heteroatoms. The van der Waals surface area contributed by atoms with Crippen molar-refractivity contribution in [1.29, 1.82) is 0 Å². The third-order valence-electron chi connectivity index (χ3n) is 2.07. The van der Waals surface area contributed by atoms with Crippen LogP contribution in [-0.2, 0) is 9.59 Å². The van der Waals surface area contributed by atoms with Gasteiger partial charge in [-0.3, -0.25) is 9.59 Å². The zero-order chi connectivity index (χ0) is 14.6. The number of pyridine rings is 1. The molecule has 0 fully saturated rings. The lowest BCUT2D eigenvalue weighted by Gasteiger charge is -2.12. The highest BCUT2D eigenvalue weighted by molar-refractivity contribution is 5.97. The number of amides is 1. The summed E-state index contributed by atoms with van der Waals surface area (Å²) in [4.78, 5) is 35.6. The standard InChI is InChI=1S/C10H8F2N2O5/c11-7-4(1-2-13-8(7)12)9(17)14-5(10(18)19)3-6(15)16/h1-2,5H,3H2,(H,14,17)(H,15,16)(H,18,19). The highest BCUT2D eigenvalue weighted by atomic mass is 19.2. The van der Waals surface area contributed by atoms with E-state index in [9.17, 15) is 23.2 Å². The minimum Gasteiger partial charge on any atom is -0.481 e. The summed E-state index contributed by atoms with van der Waals surface area (Å²) < 4.78 is 26.0. The molecule has 102 valence electrons. The summed E-state index contributed by atoms with van der Waals surface area (Å²) >= 11 is 0. The Balaban J connectivity index is 2.91. The Morgan fingerprint density at radius 1 is 1.32 bits per heavy atom. The van der Waals surface area contributed by atoms with Gasteiger partial charge in [-0.05, 0) is 6.07 Å². The fourth-order valence-corrected chi connectivity index (χ4v) is 1.20. The van der Waals surface area contributed by atoms with Crippen LogP contribution in [0.3, 0.4) is 0 Å². The van der Waals surface area contributed by atoms with E-state index in [1.807, 2.05) is 0 Å². The molecule has 7 nitrogen and oxygen atoms in total. The van der Waals surface area contributed by atoms with Crippen molar-refractivity contribution in [2.24, 2.45) is 0 Å². The quantitative estimate of drug-likeness (QED) is 0.651. The Labute approximate surface area is 104 Å². The molecule has 1 aromatic heterocycles. The number of carboxylic acids is 2. The summed E-state index contributed by atoms with van der Waals surface area (Å²) in [7, 11) is 0. The first kappa shape index (κ1) is 14.5. The van der Waals surface area contributed by atoms with Crippen LogP contribution >= 0.6 is 0 Å². The smallest absolute Gasteiger partial charge is 0.326 e. The zero-order valence-electron chi connectivity index (χ0n) is 9.26. The second-order valence-corrected chi connectivity index (χ2v) is 3.43. The van der Waals surface area contributed by atoms with Crippen molar-refractivity contribution < 1.29 is 33.4 Å². The van der Waals surface area contributed by atoms with Crippen molar-refractivity contribution >= 4 is 17.8 Å². The van der Waals surface area contributed by atoms with Crippen LogP contribution in [0.4, 0.5) is 8.78 Å². The van der Waals surface area contributed by atoms with Crippen LogP contribution in [-0.4, -0.2) is 39.1 Å². The number of hydrogen-bond donors (Lipinski definition) is 3. The molecule has 1 rings (SSSR count). The maximum absolute atomic E-state index is 13.2. The van der Waals surface area contributed by atoms with E-state index in [-0.39, 0.29) is 0 Å². The molecule has 3 N–H and O–H groups in total. The normalized spacial score (nSPS) is 11.7. The maximum atomic E-state index is 13.2. The van der Waals surface area contributed by atoms with Crippen LogP contribution in [0.15, 0.2) is 12.3 Å². The van der Waals surface area contributed by atoms with Gasteiger partial charge in [-0.25, -0.2) is 14.2 Å². The third kappa shape index (κ3) is 3.69. The minimum atomic E-state index is -1.75. The van der Waals surface area contributed by atoms with Gasteiger partial charge in [0.15, 0.2) is 5.82 Å². The lowest BCUT2D eigenvalue weighted by Crippen LogP contribution is -2.42. The first-order chi connectivity index (χ1) is 8.82. The fourth-order valence-electron chi connectivity index (χ4n) is 1.20. The predicted octanol–water partition coefficient (Wildman–Crippen LogP) is 0.0175. The highest BCUT2D eigenvalue weighted by Crippen LogP contribution is 2.09. The van der Waals surface area contributed by atoms with Crippen LogP contribution < -0.4 is 5.32 Å². The molecule has 1 unspecified atom stereocenters. The molecule has 0 aliphatic rings. The highest BCUT2D eigenvalue weighted by Gasteiger charge is 2.25. The minimum absolute atomic E-state index is 0.760. The molecule has 1 amide bonds. The molecular weight excluding hydrogens is 266 g/mol. The summed E-state index contributed by atoms with van der Waals surface area (Å²) in [6.45, 7) is 0. The number of carbonyl (C=O) groups is 3. The third-order valence-corrected chi connectivity index (χ3v) is 2.07. The summed E-state index contributed by atoms with van der Waals surface area (Å²) in [5.41, 5.74) is -0.760. The van der Waals surface area contributed by atoms with E-state index in [0.29, 0.717) is 0 Å². The van der Waals surface area contributed by atoms with Gasteiger partial charge in [-0.1, -0.05) is 0 Å². The van der Waals surface area contributed by atoms with Crippen LogP contribution in [0.2, 0.25) is 0 Å².